The summed E-state index contributed by atoms with van der Waals surface area (Å²) in [7, 11) is 0. The predicted molar refractivity (Wildman–Crippen MR) is 94.1 cm³/mol. The molecule has 1 aromatic heterocycles. The quantitative estimate of drug-likeness (QED) is 0.618. The topological polar surface area (TPSA) is 70.6 Å². The molecule has 0 saturated heterocycles. The Bertz CT molecular complexity index is 714. The second-order valence-corrected chi connectivity index (χ2v) is 6.16. The minimum Gasteiger partial charge on any atom is -0.326 e. The maximum absolute atomic E-state index is 11.9. The second-order valence-electron chi connectivity index (χ2n) is 4.77. The average Bonchev–Trinajstić information content (AvgIpc) is 3.03. The Labute approximate surface area is 143 Å². The molecule has 23 heavy (non-hydrogen) atoms. The number of amides is 2. The third-order valence-corrected chi connectivity index (χ3v) is 4.26. The van der Waals surface area contributed by atoms with Gasteiger partial charge in [0, 0.05) is 28.4 Å². The van der Waals surface area contributed by atoms with Gasteiger partial charge in [-0.1, -0.05) is 23.7 Å². The van der Waals surface area contributed by atoms with Crippen molar-refractivity contribution in [3.63, 3.8) is 0 Å². The molecule has 2 rings (SSSR count). The molecule has 0 bridgehead atoms. The monoisotopic (exact) mass is 349 g/mol. The van der Waals surface area contributed by atoms with Gasteiger partial charge in [0.05, 0.1) is 6.21 Å². The molecule has 2 N–H and O–H groups in total. The number of nitrogens with zero attached hydrogens (tertiary/aromatic N) is 1. The molecule has 1 aromatic carbocycles. The molecule has 0 aliphatic carbocycles. The van der Waals surface area contributed by atoms with Crippen molar-refractivity contribution in [2.24, 2.45) is 5.10 Å². The first-order valence-corrected chi connectivity index (χ1v) is 8.22. The lowest BCUT2D eigenvalue weighted by Crippen LogP contribution is -2.20. The SMILES string of the molecule is Cc1c(Cl)cccc1NC(=O)CCC(=O)N/N=C\c1cccs1. The summed E-state index contributed by atoms with van der Waals surface area (Å²) in [5.41, 5.74) is 3.85. The molecule has 0 fully saturated rings. The van der Waals surface area contributed by atoms with Crippen molar-refractivity contribution in [2.45, 2.75) is 19.8 Å². The van der Waals surface area contributed by atoms with Crippen LogP contribution in [-0.4, -0.2) is 18.0 Å². The van der Waals surface area contributed by atoms with Crippen molar-refractivity contribution >= 4 is 46.7 Å². The Hall–Kier alpha value is -2.18. The van der Waals surface area contributed by atoms with E-state index in [4.69, 9.17) is 11.6 Å². The molecule has 0 atom stereocenters. The van der Waals surface area contributed by atoms with Crippen molar-refractivity contribution in [1.82, 2.24) is 5.43 Å². The number of hydrogen-bond donors (Lipinski definition) is 2. The highest BCUT2D eigenvalue weighted by atomic mass is 35.5. The average molecular weight is 350 g/mol. The summed E-state index contributed by atoms with van der Waals surface area (Å²) in [6.45, 7) is 1.82. The van der Waals surface area contributed by atoms with Crippen molar-refractivity contribution in [3.8, 4) is 0 Å². The summed E-state index contributed by atoms with van der Waals surface area (Å²) >= 11 is 7.51. The number of hydrazone groups is 1. The van der Waals surface area contributed by atoms with E-state index in [-0.39, 0.29) is 24.7 Å². The highest BCUT2D eigenvalue weighted by Gasteiger charge is 2.09. The van der Waals surface area contributed by atoms with Crippen molar-refractivity contribution in [1.29, 1.82) is 0 Å². The van der Waals surface area contributed by atoms with Crippen LogP contribution in [0.1, 0.15) is 23.3 Å². The molecule has 1 heterocycles. The summed E-state index contributed by atoms with van der Waals surface area (Å²) in [6.07, 6.45) is 1.71. The molecule has 0 aliphatic heterocycles. The van der Waals surface area contributed by atoms with Crippen LogP contribution in [0, 0.1) is 6.92 Å². The van der Waals surface area contributed by atoms with Crippen LogP contribution >= 0.6 is 22.9 Å². The van der Waals surface area contributed by atoms with Crippen LogP contribution in [0.5, 0.6) is 0 Å². The van der Waals surface area contributed by atoms with Crippen LogP contribution < -0.4 is 10.7 Å². The van der Waals surface area contributed by atoms with Gasteiger partial charge >= 0.3 is 0 Å². The second kappa shape index (κ2) is 8.45. The lowest BCUT2D eigenvalue weighted by Gasteiger charge is -2.09. The molecule has 5 nitrogen and oxygen atoms in total. The first-order chi connectivity index (χ1) is 11.1. The summed E-state index contributed by atoms with van der Waals surface area (Å²) in [5.74, 6) is -0.552. The molecule has 120 valence electrons. The molecule has 0 unspecified atom stereocenters. The van der Waals surface area contributed by atoms with E-state index in [0.717, 1.165) is 10.4 Å². The van der Waals surface area contributed by atoms with Crippen molar-refractivity contribution < 1.29 is 9.59 Å². The van der Waals surface area contributed by atoms with E-state index in [9.17, 15) is 9.59 Å². The zero-order valence-corrected chi connectivity index (χ0v) is 14.1. The summed E-state index contributed by atoms with van der Waals surface area (Å²) < 4.78 is 0. The first-order valence-electron chi connectivity index (χ1n) is 6.96. The largest absolute Gasteiger partial charge is 0.326 e. The van der Waals surface area contributed by atoms with Crippen molar-refractivity contribution in [3.05, 3.63) is 51.2 Å². The summed E-state index contributed by atoms with van der Waals surface area (Å²) in [4.78, 5) is 24.4. The minimum absolute atomic E-state index is 0.0627. The van der Waals surface area contributed by atoms with Gasteiger partial charge in [0.1, 0.15) is 0 Å². The van der Waals surface area contributed by atoms with E-state index in [1.165, 1.54) is 11.3 Å². The molecule has 0 saturated carbocycles. The molecule has 2 amide bonds. The van der Waals surface area contributed by atoms with E-state index >= 15 is 0 Å². The minimum atomic E-state index is -0.309. The number of hydrogen-bond acceptors (Lipinski definition) is 4. The van der Waals surface area contributed by atoms with Crippen LogP contribution in [-0.2, 0) is 9.59 Å². The smallest absolute Gasteiger partial charge is 0.240 e. The Morgan fingerprint density at radius 1 is 1.22 bits per heavy atom. The Balaban J connectivity index is 1.75. The fourth-order valence-corrected chi connectivity index (χ4v) is 2.53. The number of carbonyl (C=O) groups is 2. The molecule has 0 radical (unpaired) electrons. The molecule has 7 heteroatoms. The van der Waals surface area contributed by atoms with Crippen LogP contribution in [0.25, 0.3) is 0 Å². The lowest BCUT2D eigenvalue weighted by molar-refractivity contribution is -0.124. The van der Waals surface area contributed by atoms with Crippen LogP contribution in [0.2, 0.25) is 5.02 Å². The van der Waals surface area contributed by atoms with Gasteiger partial charge in [0.2, 0.25) is 11.8 Å². The van der Waals surface area contributed by atoms with Gasteiger partial charge in [0.15, 0.2) is 0 Å². The third-order valence-electron chi connectivity index (χ3n) is 3.05. The summed E-state index contributed by atoms with van der Waals surface area (Å²) in [5, 5.41) is 9.09. The van der Waals surface area contributed by atoms with Gasteiger partial charge in [-0.15, -0.1) is 11.3 Å². The molecule has 2 aromatic rings. The number of benzene rings is 1. The Kier molecular flexibility index (Phi) is 6.31. The Morgan fingerprint density at radius 2 is 2.00 bits per heavy atom. The fraction of sp³-hybridized carbons (Fsp3) is 0.188. The van der Waals surface area contributed by atoms with Gasteiger partial charge in [-0.25, -0.2) is 5.43 Å². The zero-order chi connectivity index (χ0) is 16.7. The maximum atomic E-state index is 11.9. The lowest BCUT2D eigenvalue weighted by atomic mass is 10.2. The molecular weight excluding hydrogens is 334 g/mol. The fourth-order valence-electron chi connectivity index (χ4n) is 1.77. The van der Waals surface area contributed by atoms with Gasteiger partial charge in [0.25, 0.3) is 0 Å². The van der Waals surface area contributed by atoms with Gasteiger partial charge in [-0.3, -0.25) is 9.59 Å². The number of halogens is 1. The van der Waals surface area contributed by atoms with E-state index in [0.29, 0.717) is 10.7 Å². The highest BCUT2D eigenvalue weighted by Crippen LogP contribution is 2.23. The van der Waals surface area contributed by atoms with Crippen LogP contribution in [0.3, 0.4) is 0 Å². The molecular formula is C16H16ClN3O2S. The predicted octanol–water partition coefficient (Wildman–Crippen LogP) is 3.58. The zero-order valence-electron chi connectivity index (χ0n) is 12.5. The van der Waals surface area contributed by atoms with Gasteiger partial charge < -0.3 is 5.32 Å². The number of anilines is 1. The number of nitrogens with one attached hydrogen (secondary N) is 2. The van der Waals surface area contributed by atoms with Crippen molar-refractivity contribution in [2.75, 3.05) is 5.32 Å². The van der Waals surface area contributed by atoms with Gasteiger partial charge in [-0.2, -0.15) is 5.10 Å². The number of rotatable bonds is 6. The van der Waals surface area contributed by atoms with Crippen LogP contribution in [0.4, 0.5) is 5.69 Å². The van der Waals surface area contributed by atoms with E-state index in [1.54, 1.807) is 24.4 Å². The number of thiophene rings is 1. The normalized spacial score (nSPS) is 10.7. The van der Waals surface area contributed by atoms with E-state index < -0.39 is 0 Å². The number of carbonyl (C=O) groups excluding carboxylic acids is 2. The van der Waals surface area contributed by atoms with Gasteiger partial charge in [-0.05, 0) is 36.1 Å². The highest BCUT2D eigenvalue weighted by molar-refractivity contribution is 7.11. The standard InChI is InChI=1S/C16H16ClN3O2S/c1-11-13(17)5-2-6-14(11)19-15(21)7-8-16(22)20-18-10-12-4-3-9-23-12/h2-6,9-10H,7-8H2,1H3,(H,19,21)(H,20,22)/b18-10-. The Morgan fingerprint density at radius 3 is 2.74 bits per heavy atom. The van der Waals surface area contributed by atoms with Crippen LogP contribution in [0.15, 0.2) is 40.8 Å². The van der Waals surface area contributed by atoms with E-state index in [2.05, 4.69) is 15.8 Å². The molecule has 0 spiro atoms. The first kappa shape index (κ1) is 17.2. The third kappa shape index (κ3) is 5.50. The molecule has 0 aliphatic rings. The van der Waals surface area contributed by atoms with E-state index in [1.807, 2.05) is 24.4 Å². The maximum Gasteiger partial charge on any atom is 0.240 e. The summed E-state index contributed by atoms with van der Waals surface area (Å²) in [6, 6.07) is 9.07.